The number of aryl methyl sites for hydroxylation is 1. The van der Waals surface area contributed by atoms with Gasteiger partial charge in [-0.1, -0.05) is 22.4 Å². The molecule has 0 unspecified atom stereocenters. The molecule has 0 aliphatic heterocycles. The molecule has 3 rings (SSSR count). The van der Waals surface area contributed by atoms with E-state index >= 15 is 0 Å². The highest BCUT2D eigenvalue weighted by atomic mass is 32.2. The van der Waals surface area contributed by atoms with Crippen molar-refractivity contribution in [3.63, 3.8) is 0 Å². The summed E-state index contributed by atoms with van der Waals surface area (Å²) in [4.78, 5) is 3.92. The summed E-state index contributed by atoms with van der Waals surface area (Å²) in [6.45, 7) is 1.66. The van der Waals surface area contributed by atoms with E-state index in [0.29, 0.717) is 5.69 Å². The van der Waals surface area contributed by atoms with Crippen molar-refractivity contribution in [2.24, 2.45) is 0 Å². The Morgan fingerprint density at radius 1 is 1.04 bits per heavy atom. The highest BCUT2D eigenvalue weighted by Gasteiger charge is 2.30. The summed E-state index contributed by atoms with van der Waals surface area (Å²) in [6, 6.07) is 5.63. The van der Waals surface area contributed by atoms with Gasteiger partial charge in [-0.3, -0.25) is 0 Å². The van der Waals surface area contributed by atoms with Crippen LogP contribution in [0.1, 0.15) is 22.9 Å². The summed E-state index contributed by atoms with van der Waals surface area (Å²) >= 11 is 0. The largest absolute Gasteiger partial charge is 0.416 e. The monoisotopic (exact) mass is 387 g/mol. The Labute approximate surface area is 145 Å². The zero-order valence-corrected chi connectivity index (χ0v) is 14.1. The lowest BCUT2D eigenvalue weighted by molar-refractivity contribution is -0.137. The zero-order chi connectivity index (χ0) is 18.9. The van der Waals surface area contributed by atoms with Crippen LogP contribution in [-0.4, -0.2) is 23.7 Å². The van der Waals surface area contributed by atoms with Gasteiger partial charge in [-0.05, 0) is 19.1 Å². The fourth-order valence-corrected chi connectivity index (χ4v) is 3.34. The number of benzene rings is 1. The summed E-state index contributed by atoms with van der Waals surface area (Å²) in [6.07, 6.45) is -4.45. The van der Waals surface area contributed by atoms with E-state index in [9.17, 15) is 21.6 Å². The van der Waals surface area contributed by atoms with Gasteiger partial charge in [0.05, 0.1) is 11.3 Å². The normalized spacial score (nSPS) is 12.5. The van der Waals surface area contributed by atoms with Crippen molar-refractivity contribution >= 4 is 9.84 Å². The maximum atomic E-state index is 12.6. The van der Waals surface area contributed by atoms with Crippen LogP contribution in [0.5, 0.6) is 0 Å². The molecule has 2 aromatic heterocycles. The van der Waals surface area contributed by atoms with Crippen molar-refractivity contribution in [2.45, 2.75) is 24.6 Å². The molecular weight excluding hydrogens is 375 g/mol. The number of aromatic nitrogens is 3. The van der Waals surface area contributed by atoms with Crippen molar-refractivity contribution in [1.29, 1.82) is 0 Å². The van der Waals surface area contributed by atoms with Crippen LogP contribution in [0.25, 0.3) is 11.4 Å². The van der Waals surface area contributed by atoms with Crippen molar-refractivity contribution in [1.82, 2.24) is 15.3 Å². The van der Waals surface area contributed by atoms with Gasteiger partial charge in [0, 0.05) is 11.6 Å². The molecule has 26 heavy (non-hydrogen) atoms. The number of sulfone groups is 1. The lowest BCUT2D eigenvalue weighted by Crippen LogP contribution is -2.07. The Hall–Kier alpha value is -2.69. The molecule has 0 amide bonds. The second kappa shape index (κ2) is 6.56. The number of alkyl halides is 3. The SMILES string of the molecule is Cc1cc(CS(=O)(=O)Cc2nc(-c3ccc(C(F)(F)F)cc3)no2)on1. The predicted molar refractivity (Wildman–Crippen MR) is 82.3 cm³/mol. The van der Waals surface area contributed by atoms with Gasteiger partial charge in [0.25, 0.3) is 0 Å². The second-order valence-corrected chi connectivity index (χ2v) is 7.62. The van der Waals surface area contributed by atoms with Crippen LogP contribution in [0.2, 0.25) is 0 Å². The van der Waals surface area contributed by atoms with E-state index in [4.69, 9.17) is 9.05 Å². The molecule has 3 aromatic rings. The first-order chi connectivity index (χ1) is 12.1. The van der Waals surface area contributed by atoms with Crippen LogP contribution >= 0.6 is 0 Å². The standard InChI is InChI=1S/C15H12F3N3O4S/c1-9-6-12(24-20-9)7-26(22,23)8-13-19-14(21-25-13)10-2-4-11(5-3-10)15(16,17)18/h2-6H,7-8H2,1H3. The van der Waals surface area contributed by atoms with Gasteiger partial charge < -0.3 is 9.05 Å². The number of nitrogens with zero attached hydrogens (tertiary/aromatic N) is 3. The third-order valence-electron chi connectivity index (χ3n) is 3.32. The molecule has 0 radical (unpaired) electrons. The molecule has 1 aromatic carbocycles. The van der Waals surface area contributed by atoms with Crippen molar-refractivity contribution in [3.8, 4) is 11.4 Å². The molecule has 7 nitrogen and oxygen atoms in total. The molecule has 0 spiro atoms. The summed E-state index contributed by atoms with van der Waals surface area (Å²) in [5.41, 5.74) is 0.0173. The average Bonchev–Trinajstić information content (AvgIpc) is 3.15. The molecule has 0 atom stereocenters. The smallest absolute Gasteiger partial charge is 0.360 e. The van der Waals surface area contributed by atoms with Crippen LogP contribution in [0, 0.1) is 6.92 Å². The molecule has 0 N–H and O–H groups in total. The van der Waals surface area contributed by atoms with Crippen molar-refractivity contribution in [2.75, 3.05) is 0 Å². The maximum Gasteiger partial charge on any atom is 0.416 e. The quantitative estimate of drug-likeness (QED) is 0.663. The fourth-order valence-electron chi connectivity index (χ4n) is 2.18. The van der Waals surface area contributed by atoms with Crippen LogP contribution in [0.15, 0.2) is 39.4 Å². The maximum absolute atomic E-state index is 12.6. The zero-order valence-electron chi connectivity index (χ0n) is 13.3. The fraction of sp³-hybridized carbons (Fsp3) is 0.267. The predicted octanol–water partition coefficient (Wildman–Crippen LogP) is 3.17. The molecule has 0 saturated heterocycles. The lowest BCUT2D eigenvalue weighted by Gasteiger charge is -2.05. The number of hydrogen-bond donors (Lipinski definition) is 0. The molecule has 0 bridgehead atoms. The highest BCUT2D eigenvalue weighted by molar-refractivity contribution is 7.89. The van der Waals surface area contributed by atoms with Gasteiger partial charge in [0.2, 0.25) is 11.7 Å². The van der Waals surface area contributed by atoms with Gasteiger partial charge in [-0.2, -0.15) is 18.2 Å². The minimum atomic E-state index is -4.45. The minimum Gasteiger partial charge on any atom is -0.360 e. The van der Waals surface area contributed by atoms with E-state index in [0.717, 1.165) is 12.1 Å². The van der Waals surface area contributed by atoms with Gasteiger partial charge in [-0.15, -0.1) is 0 Å². The van der Waals surface area contributed by atoms with E-state index in [2.05, 4.69) is 15.3 Å². The average molecular weight is 387 g/mol. The first kappa shape index (κ1) is 18.1. The molecule has 0 aliphatic carbocycles. The minimum absolute atomic E-state index is 0.000524. The van der Waals surface area contributed by atoms with Crippen LogP contribution < -0.4 is 0 Å². The van der Waals surface area contributed by atoms with Gasteiger partial charge in [0.1, 0.15) is 11.5 Å². The van der Waals surface area contributed by atoms with Crippen LogP contribution in [-0.2, 0) is 27.5 Å². The third kappa shape index (κ3) is 4.28. The topological polar surface area (TPSA) is 99.1 Å². The Morgan fingerprint density at radius 2 is 1.73 bits per heavy atom. The molecular formula is C15H12F3N3O4S. The first-order valence-electron chi connectivity index (χ1n) is 7.25. The van der Waals surface area contributed by atoms with E-state index < -0.39 is 27.3 Å². The van der Waals surface area contributed by atoms with Gasteiger partial charge in [0.15, 0.2) is 15.6 Å². The van der Waals surface area contributed by atoms with Crippen LogP contribution in [0.3, 0.4) is 0 Å². The van der Waals surface area contributed by atoms with Crippen LogP contribution in [0.4, 0.5) is 13.2 Å². The Morgan fingerprint density at radius 3 is 2.31 bits per heavy atom. The van der Waals surface area contributed by atoms with Crippen molar-refractivity contribution < 1.29 is 30.6 Å². The van der Waals surface area contributed by atoms with E-state index in [1.54, 1.807) is 6.92 Å². The molecule has 0 saturated carbocycles. The number of rotatable bonds is 5. The number of halogens is 3. The Bertz CT molecular complexity index is 1010. The van der Waals surface area contributed by atoms with Gasteiger partial charge in [-0.25, -0.2) is 8.42 Å². The number of hydrogen-bond acceptors (Lipinski definition) is 7. The van der Waals surface area contributed by atoms with E-state index in [-0.39, 0.29) is 28.8 Å². The first-order valence-corrected chi connectivity index (χ1v) is 9.07. The molecule has 2 heterocycles. The summed E-state index contributed by atoms with van der Waals surface area (Å²) < 4.78 is 71.7. The molecule has 138 valence electrons. The Kier molecular flexibility index (Phi) is 4.57. The van der Waals surface area contributed by atoms with E-state index in [1.807, 2.05) is 0 Å². The highest BCUT2D eigenvalue weighted by Crippen LogP contribution is 2.30. The lowest BCUT2D eigenvalue weighted by atomic mass is 10.1. The summed E-state index contributed by atoms with van der Waals surface area (Å²) in [5.74, 6) is -0.896. The molecule has 0 fully saturated rings. The summed E-state index contributed by atoms with van der Waals surface area (Å²) in [5, 5.41) is 7.21. The summed E-state index contributed by atoms with van der Waals surface area (Å²) in [7, 11) is -3.65. The second-order valence-electron chi connectivity index (χ2n) is 5.55. The van der Waals surface area contributed by atoms with E-state index in [1.165, 1.54) is 18.2 Å². The third-order valence-corrected chi connectivity index (χ3v) is 4.73. The Balaban J connectivity index is 1.73. The van der Waals surface area contributed by atoms with Gasteiger partial charge >= 0.3 is 6.18 Å². The molecule has 0 aliphatic rings. The van der Waals surface area contributed by atoms with Crippen molar-refractivity contribution in [3.05, 3.63) is 53.2 Å². The molecule has 11 heteroatoms.